The topological polar surface area (TPSA) is 133 Å². The van der Waals surface area contributed by atoms with Crippen molar-refractivity contribution < 1.29 is 0 Å². The van der Waals surface area contributed by atoms with Crippen molar-refractivity contribution in [1.82, 2.24) is 19.6 Å². The molecule has 9 nitrogen and oxygen atoms in total. The van der Waals surface area contributed by atoms with Crippen molar-refractivity contribution in [2.24, 2.45) is 0 Å². The zero-order valence-corrected chi connectivity index (χ0v) is 11.1. The number of aromatic nitrogens is 4. The number of nitrogens with zero attached hydrogens (tertiary/aromatic N) is 2. The molecule has 0 atom stereocenters. The maximum absolute atomic E-state index is 11.6. The van der Waals surface area contributed by atoms with Crippen LogP contribution < -0.4 is 28.0 Å². The minimum atomic E-state index is -0.663. The van der Waals surface area contributed by atoms with E-state index in [1.807, 2.05) is 31.2 Å². The van der Waals surface area contributed by atoms with E-state index in [-0.39, 0.29) is 11.5 Å². The molecule has 0 radical (unpaired) electrons. The van der Waals surface area contributed by atoms with Crippen LogP contribution in [-0.4, -0.2) is 19.6 Å². The number of nitrogens with two attached hydrogens (primary N) is 1. The summed E-state index contributed by atoms with van der Waals surface area (Å²) in [5, 5.41) is 3.86. The summed E-state index contributed by atoms with van der Waals surface area (Å²) in [6.07, 6.45) is 0. The molecule has 21 heavy (non-hydrogen) atoms. The van der Waals surface area contributed by atoms with Crippen molar-refractivity contribution >= 4 is 22.8 Å². The smallest absolute Gasteiger partial charge is 0.352 e. The molecule has 1 aromatic carbocycles. The first-order valence-corrected chi connectivity index (χ1v) is 6.14. The van der Waals surface area contributed by atoms with E-state index < -0.39 is 11.4 Å². The van der Waals surface area contributed by atoms with Gasteiger partial charge in [-0.15, -0.1) is 5.10 Å². The van der Waals surface area contributed by atoms with Crippen LogP contribution in [0.25, 0.3) is 5.65 Å². The second-order valence-electron chi connectivity index (χ2n) is 4.52. The third-order valence-corrected chi connectivity index (χ3v) is 2.91. The molecule has 9 heteroatoms. The van der Waals surface area contributed by atoms with E-state index >= 15 is 0 Å². The fraction of sp³-hybridized carbons (Fsp3) is 0.0833. The molecule has 0 aliphatic heterocycles. The van der Waals surface area contributed by atoms with Gasteiger partial charge in [-0.3, -0.25) is 15.4 Å². The van der Waals surface area contributed by atoms with Gasteiger partial charge >= 0.3 is 11.4 Å². The number of nitrogens with one attached hydrogen (secondary N) is 4. The summed E-state index contributed by atoms with van der Waals surface area (Å²) >= 11 is 0. The third kappa shape index (κ3) is 2.31. The van der Waals surface area contributed by atoms with Gasteiger partial charge in [-0.1, -0.05) is 12.1 Å². The molecule has 0 fully saturated rings. The van der Waals surface area contributed by atoms with Gasteiger partial charge in [-0.2, -0.15) is 4.52 Å². The first kappa shape index (κ1) is 12.8. The average molecular weight is 287 g/mol. The molecular weight excluding hydrogens is 274 g/mol. The molecule has 0 aliphatic carbocycles. The van der Waals surface area contributed by atoms with Crippen LogP contribution in [0, 0.1) is 6.92 Å². The summed E-state index contributed by atoms with van der Waals surface area (Å²) in [5.41, 5.74) is 12.6. The normalized spacial score (nSPS) is 10.7. The Balaban J connectivity index is 1.99. The van der Waals surface area contributed by atoms with Gasteiger partial charge in [-0.05, 0) is 24.6 Å². The monoisotopic (exact) mass is 287 g/mol. The Morgan fingerprint density at radius 3 is 2.81 bits per heavy atom. The SMILES string of the molecule is Cc1cccc(NNc2c(N)nn3c(=O)[nH]c(=O)[nH]c23)c1. The number of rotatable bonds is 3. The maximum Gasteiger partial charge on any atom is 0.352 e. The van der Waals surface area contributed by atoms with E-state index in [4.69, 9.17) is 5.73 Å². The van der Waals surface area contributed by atoms with E-state index in [9.17, 15) is 9.59 Å². The molecule has 0 saturated heterocycles. The Morgan fingerprint density at radius 1 is 1.24 bits per heavy atom. The number of anilines is 3. The zero-order valence-electron chi connectivity index (χ0n) is 11.1. The molecule has 2 aromatic heterocycles. The minimum absolute atomic E-state index is 0.0857. The van der Waals surface area contributed by atoms with Crippen LogP contribution >= 0.6 is 0 Å². The Kier molecular flexibility index (Phi) is 2.87. The van der Waals surface area contributed by atoms with Crippen LogP contribution in [0.1, 0.15) is 5.56 Å². The molecule has 3 aromatic rings. The lowest BCUT2D eigenvalue weighted by molar-refractivity contribution is 0.824. The van der Waals surface area contributed by atoms with E-state index in [0.717, 1.165) is 15.8 Å². The Hall–Kier alpha value is -3.23. The highest BCUT2D eigenvalue weighted by molar-refractivity contribution is 5.79. The Labute approximate surface area is 117 Å². The molecule has 0 amide bonds. The zero-order chi connectivity index (χ0) is 15.0. The molecule has 6 N–H and O–H groups in total. The molecule has 0 aliphatic rings. The van der Waals surface area contributed by atoms with Gasteiger partial charge in [0.2, 0.25) is 0 Å². The molecule has 2 heterocycles. The van der Waals surface area contributed by atoms with Gasteiger partial charge in [0.15, 0.2) is 11.5 Å². The van der Waals surface area contributed by atoms with Crippen molar-refractivity contribution in [1.29, 1.82) is 0 Å². The van der Waals surface area contributed by atoms with Crippen molar-refractivity contribution in [2.45, 2.75) is 6.92 Å². The standard InChI is InChI=1S/C12H13N7O2/c1-6-3-2-4-7(5-6)16-17-8-9(13)18-19-10(8)14-11(20)15-12(19)21/h2-5,16-17H,1H3,(H2,13,18)(H2,14,15,20,21). The summed E-state index contributed by atoms with van der Waals surface area (Å²) < 4.78 is 0.983. The highest BCUT2D eigenvalue weighted by Gasteiger charge is 2.13. The summed E-state index contributed by atoms with van der Waals surface area (Å²) in [7, 11) is 0. The van der Waals surface area contributed by atoms with Crippen LogP contribution in [0.4, 0.5) is 17.2 Å². The fourth-order valence-electron chi connectivity index (χ4n) is 1.97. The van der Waals surface area contributed by atoms with Crippen LogP contribution in [0.3, 0.4) is 0 Å². The molecule has 0 bridgehead atoms. The molecular formula is C12H13N7O2. The Morgan fingerprint density at radius 2 is 2.05 bits per heavy atom. The molecule has 3 rings (SSSR count). The van der Waals surface area contributed by atoms with Crippen molar-refractivity contribution in [2.75, 3.05) is 16.6 Å². The first-order valence-electron chi connectivity index (χ1n) is 6.14. The quantitative estimate of drug-likeness (QED) is 0.432. The summed E-state index contributed by atoms with van der Waals surface area (Å²) in [5.74, 6) is 0.0857. The predicted molar refractivity (Wildman–Crippen MR) is 79.3 cm³/mol. The number of fused-ring (bicyclic) bond motifs is 1. The lowest BCUT2D eigenvalue weighted by Gasteiger charge is -2.09. The van der Waals surface area contributed by atoms with Gasteiger partial charge < -0.3 is 11.2 Å². The maximum atomic E-state index is 11.6. The second-order valence-corrected chi connectivity index (χ2v) is 4.52. The van der Waals surface area contributed by atoms with Crippen LogP contribution in [0.5, 0.6) is 0 Å². The van der Waals surface area contributed by atoms with E-state index in [1.54, 1.807) is 0 Å². The highest BCUT2D eigenvalue weighted by atomic mass is 16.2. The first-order chi connectivity index (χ1) is 10.0. The molecule has 0 spiro atoms. The van der Waals surface area contributed by atoms with E-state index in [1.165, 1.54) is 0 Å². The van der Waals surface area contributed by atoms with Crippen molar-refractivity contribution in [3.63, 3.8) is 0 Å². The molecule has 0 unspecified atom stereocenters. The van der Waals surface area contributed by atoms with Crippen LogP contribution in [-0.2, 0) is 0 Å². The number of H-pyrrole nitrogens is 2. The molecule has 0 saturated carbocycles. The second kappa shape index (κ2) is 4.71. The number of hydrogen-bond acceptors (Lipinski definition) is 6. The third-order valence-electron chi connectivity index (χ3n) is 2.91. The number of benzene rings is 1. The van der Waals surface area contributed by atoms with Crippen LogP contribution in [0.2, 0.25) is 0 Å². The number of hydrogen-bond donors (Lipinski definition) is 5. The number of aromatic amines is 2. The summed E-state index contributed by atoms with van der Waals surface area (Å²) in [6.45, 7) is 1.96. The average Bonchev–Trinajstić information content (AvgIpc) is 2.73. The van der Waals surface area contributed by atoms with Crippen LogP contribution in [0.15, 0.2) is 33.9 Å². The van der Waals surface area contributed by atoms with E-state index in [0.29, 0.717) is 5.69 Å². The highest BCUT2D eigenvalue weighted by Crippen LogP contribution is 2.20. The lowest BCUT2D eigenvalue weighted by atomic mass is 10.2. The minimum Gasteiger partial charge on any atom is -0.380 e. The predicted octanol–water partition coefficient (Wildman–Crippen LogP) is 0.0405. The summed E-state index contributed by atoms with van der Waals surface area (Å²) in [6, 6.07) is 7.64. The fourth-order valence-corrected chi connectivity index (χ4v) is 1.97. The van der Waals surface area contributed by atoms with Gasteiger partial charge in [0.05, 0.1) is 5.69 Å². The van der Waals surface area contributed by atoms with E-state index in [2.05, 4.69) is 25.9 Å². The number of nitrogen functional groups attached to an aromatic ring is 1. The largest absolute Gasteiger partial charge is 0.380 e. The van der Waals surface area contributed by atoms with Crippen molar-refractivity contribution in [3.8, 4) is 0 Å². The van der Waals surface area contributed by atoms with Gasteiger partial charge in [0.1, 0.15) is 5.69 Å². The van der Waals surface area contributed by atoms with Gasteiger partial charge in [0, 0.05) is 0 Å². The Bertz CT molecular complexity index is 921. The van der Waals surface area contributed by atoms with Gasteiger partial charge in [0.25, 0.3) is 0 Å². The van der Waals surface area contributed by atoms with Gasteiger partial charge in [-0.25, -0.2) is 9.59 Å². The molecule has 108 valence electrons. The lowest BCUT2D eigenvalue weighted by Crippen LogP contribution is -2.28. The summed E-state index contributed by atoms with van der Waals surface area (Å²) in [4.78, 5) is 27.5. The van der Waals surface area contributed by atoms with Crippen molar-refractivity contribution in [3.05, 3.63) is 50.8 Å². The number of aryl methyl sites for hydroxylation is 1. The number of hydrazine groups is 1.